The monoisotopic (exact) mass is 2030 g/mol. The first kappa shape index (κ1) is 85.0. The summed E-state index contributed by atoms with van der Waals surface area (Å²) in [5, 5.41) is 35.3. The van der Waals surface area contributed by atoms with Gasteiger partial charge in [-0.15, -0.1) is 0 Å². The average molecular weight is 2030 g/mol. The normalized spacial score (nSPS) is 11.2. The van der Waals surface area contributed by atoms with Gasteiger partial charge >= 0.3 is 145 Å². The molecule has 0 atom stereocenters. The van der Waals surface area contributed by atoms with Crippen LogP contribution in [0.4, 0.5) is 4.39 Å². The SMILES string of the molecule is Brc1ccc(-c2ccccc2-n2c3ccccc3c3ccccc32)cc1.Brc1ccc(I)cc1.Brc1ccccc1-n1c2ccccc2c2ccccc21.C1CCOC1.Fc1ccccc1Br.O=CO[O-].OB(O)c1ccccc1-n1c2ccccc2c2ccccc21.[Cs+].[Cs+].[H-].c1ccc2c(c1)Cc1ccccc1-2. The molecule has 0 saturated carbocycles. The van der Waals surface area contributed by atoms with E-state index in [-0.39, 0.29) is 152 Å². The minimum atomic E-state index is -1.50. The molecule has 3 aromatic heterocycles. The Morgan fingerprint density at radius 1 is 0.398 bits per heavy atom. The number of ether oxygens (including phenoxy) is 1. The topological polar surface area (TPSA) is 114 Å². The third-order valence-corrected chi connectivity index (χ3v) is 20.9. The maximum absolute atomic E-state index is 12.3. The van der Waals surface area contributed by atoms with E-state index in [4.69, 9.17) is 14.8 Å². The van der Waals surface area contributed by atoms with Gasteiger partial charge < -0.3 is 40.1 Å². The molecule has 0 amide bonds. The standard InChI is InChI=1S/C24H16BrN.C18H14BNO2.C18H12BrN.C13H10.C6H4BrF.C6H4BrI.C4H8O.CH2O3.2Cs.H/c25-18-15-13-17(14-16-18)19-7-1-4-10-22(19)26-23-11-5-2-8-20(23)21-9-3-6-12-24(21)26;21-19(22)15-9-3-6-12-18(15)20-16-10-4-1-7-13(16)14-8-2-5-11-17(14)20;19-15-9-3-6-12-18(15)20-16-10-4-1-7-13(16)14-8-2-5-11-17(14)20;1-3-7-12-10(5-1)9-11-6-2-4-8-13(11)12;7-5-3-1-2-4-6(5)8;7-5-1-3-6(8)4-2-5;1-2-4-5-3-1;2-1-4-3;;;/h1-16H;1-12,21-22H;1-12H;1-8H,9H2;2*1-4H;1-4H2;1,3H;;;/q;;;;;;;;2*+1;-1/p-1. The second-order valence-corrected chi connectivity index (χ2v) is 29.2. The smallest absolute Gasteiger partial charge is 1.00 e. The van der Waals surface area contributed by atoms with Gasteiger partial charge in [-0.25, -0.2) is 4.39 Å². The summed E-state index contributed by atoms with van der Waals surface area (Å²) in [4.78, 5) is 11.2. The van der Waals surface area contributed by atoms with Crippen LogP contribution in [-0.4, -0.2) is 50.6 Å². The summed E-state index contributed by atoms with van der Waals surface area (Å²) in [7, 11) is -1.50. The molecule has 1 aliphatic heterocycles. The van der Waals surface area contributed by atoms with Crippen molar-refractivity contribution in [2.75, 3.05) is 13.2 Å². The van der Waals surface area contributed by atoms with E-state index < -0.39 is 7.12 Å². The number of carbonyl (C=O) groups excluding carboxylic acids is 1. The summed E-state index contributed by atoms with van der Waals surface area (Å²) >= 11 is 15.8. The fraction of sp³-hybridized carbons (Fsp3) is 0.0556. The molecular formula is C90H70BBr4Cs2FIN3O6. The summed E-state index contributed by atoms with van der Waals surface area (Å²) in [5.41, 5.74) is 18.9. The maximum atomic E-state index is 12.3. The predicted octanol–water partition coefficient (Wildman–Crippen LogP) is 17.5. The Labute approximate surface area is 794 Å². The minimum absolute atomic E-state index is 0. The Balaban J connectivity index is 0.000000152. The van der Waals surface area contributed by atoms with Crippen molar-refractivity contribution in [3.05, 3.63) is 378 Å². The zero-order chi connectivity index (χ0) is 73.7. The first-order valence-electron chi connectivity index (χ1n) is 34.2. The van der Waals surface area contributed by atoms with Crippen molar-refractivity contribution in [3.63, 3.8) is 0 Å². The van der Waals surface area contributed by atoms with Gasteiger partial charge in [0.1, 0.15) is 5.82 Å². The Kier molecular flexibility index (Phi) is 33.8. The largest absolute Gasteiger partial charge is 1.00 e. The quantitative estimate of drug-likeness (QED) is 0.0564. The fourth-order valence-electron chi connectivity index (χ4n) is 13.1. The summed E-state index contributed by atoms with van der Waals surface area (Å²) in [6.07, 6.45) is 3.66. The zero-order valence-corrected chi connectivity index (χ0v) is 80.2. The summed E-state index contributed by atoms with van der Waals surface area (Å²) in [5.74, 6) is -0.215. The van der Waals surface area contributed by atoms with Crippen molar-refractivity contribution in [1.82, 2.24) is 13.7 Å². The van der Waals surface area contributed by atoms with E-state index in [2.05, 4.69) is 354 Å². The molecule has 0 radical (unpaired) electrons. The van der Waals surface area contributed by atoms with Crippen molar-refractivity contribution < 1.29 is 173 Å². The van der Waals surface area contributed by atoms with Gasteiger partial charge in [0.25, 0.3) is 6.47 Å². The molecule has 1 fully saturated rings. The summed E-state index contributed by atoms with van der Waals surface area (Å²) in [6.45, 7) is 1.82. The van der Waals surface area contributed by atoms with Crippen molar-refractivity contribution in [3.8, 4) is 39.3 Å². The fourth-order valence-corrected chi connectivity index (χ4v) is 14.7. The molecule has 9 nitrogen and oxygen atoms in total. The van der Waals surface area contributed by atoms with Gasteiger partial charge in [0.15, 0.2) is 0 Å². The van der Waals surface area contributed by atoms with E-state index >= 15 is 0 Å². The Morgan fingerprint density at radius 3 is 1.07 bits per heavy atom. The maximum Gasteiger partial charge on any atom is 1.00 e. The number of hydrogen-bond acceptors (Lipinski definition) is 6. The molecule has 17 aromatic rings. The third kappa shape index (κ3) is 21.2. The van der Waals surface area contributed by atoms with Crippen LogP contribution >= 0.6 is 86.3 Å². The van der Waals surface area contributed by atoms with Gasteiger partial charge in [-0.1, -0.05) is 262 Å². The molecule has 2 aliphatic rings. The second kappa shape index (κ2) is 43.0. The van der Waals surface area contributed by atoms with Gasteiger partial charge in [0.05, 0.1) is 48.9 Å². The van der Waals surface area contributed by atoms with E-state index in [1.54, 1.807) is 24.3 Å². The van der Waals surface area contributed by atoms with Crippen molar-refractivity contribution in [1.29, 1.82) is 0 Å². The van der Waals surface area contributed by atoms with Crippen LogP contribution in [0.25, 0.3) is 105 Å². The predicted molar refractivity (Wildman–Crippen MR) is 457 cm³/mol. The van der Waals surface area contributed by atoms with Crippen LogP contribution in [0.3, 0.4) is 0 Å². The number of benzene rings is 14. The van der Waals surface area contributed by atoms with Gasteiger partial charge in [0.2, 0.25) is 0 Å². The number of nitrogens with zero attached hydrogens (tertiary/aromatic N) is 3. The van der Waals surface area contributed by atoms with Crippen LogP contribution in [0, 0.1) is 9.39 Å². The molecule has 18 heteroatoms. The van der Waals surface area contributed by atoms with E-state index in [1.807, 2.05) is 60.7 Å². The van der Waals surface area contributed by atoms with Crippen molar-refractivity contribution >= 4 is 171 Å². The molecule has 0 spiro atoms. The first-order valence-corrected chi connectivity index (χ1v) is 38.4. The van der Waals surface area contributed by atoms with Gasteiger partial charge in [0, 0.05) is 79.2 Å². The minimum Gasteiger partial charge on any atom is -1.00 e. The van der Waals surface area contributed by atoms with Crippen molar-refractivity contribution in [2.24, 2.45) is 0 Å². The van der Waals surface area contributed by atoms with Gasteiger partial charge in [-0.05, 0) is 211 Å². The van der Waals surface area contributed by atoms with Crippen LogP contribution in [0.5, 0.6) is 0 Å². The number of rotatable bonds is 6. The van der Waals surface area contributed by atoms with Crippen LogP contribution < -0.4 is 149 Å². The number of aromatic nitrogens is 3. The molecule has 0 bridgehead atoms. The Morgan fingerprint density at radius 2 is 0.713 bits per heavy atom. The number of carbonyl (C=O) groups is 1. The molecule has 19 rings (SSSR count). The molecule has 2 N–H and O–H groups in total. The number of fused-ring (bicyclic) bond motifs is 12. The van der Waals surface area contributed by atoms with Crippen LogP contribution in [0.15, 0.2) is 358 Å². The van der Waals surface area contributed by atoms with Crippen LogP contribution in [0.1, 0.15) is 25.4 Å². The van der Waals surface area contributed by atoms with Crippen molar-refractivity contribution in [2.45, 2.75) is 19.3 Å². The number of hydrogen-bond donors (Lipinski definition) is 2. The Hall–Kier alpha value is -5.46. The number of para-hydroxylation sites is 9. The Bertz CT molecular complexity index is 5560. The molecule has 1 aliphatic carbocycles. The van der Waals surface area contributed by atoms with E-state index in [9.17, 15) is 14.4 Å². The molecular weight excluding hydrogens is 1960 g/mol. The second-order valence-electron chi connectivity index (χ2n) is 24.4. The molecule has 4 heterocycles. The molecule has 0 unspecified atom stereocenters. The average Bonchev–Trinajstić information content (AvgIpc) is 1.61. The van der Waals surface area contributed by atoms with Gasteiger partial charge in [-0.3, -0.25) is 4.79 Å². The van der Waals surface area contributed by atoms with E-state index in [1.165, 1.54) is 111 Å². The molecule has 1 saturated heterocycles. The molecule has 14 aromatic carbocycles. The van der Waals surface area contributed by atoms with Gasteiger partial charge in [-0.2, -0.15) is 0 Å². The third-order valence-electron chi connectivity index (χ3n) is 17.8. The molecule has 528 valence electrons. The van der Waals surface area contributed by atoms with E-state index in [0.29, 0.717) is 9.94 Å². The number of halogens is 6. The van der Waals surface area contributed by atoms with Crippen LogP contribution in [-0.2, 0) is 20.8 Å². The zero-order valence-electron chi connectivity index (χ0n) is 60.2. The molecule has 108 heavy (non-hydrogen) atoms. The first-order chi connectivity index (χ1) is 51.9. The van der Waals surface area contributed by atoms with Crippen LogP contribution in [0.2, 0.25) is 0 Å². The summed E-state index contributed by atoms with van der Waals surface area (Å²) < 4.78 is 29.1. The summed E-state index contributed by atoms with van der Waals surface area (Å²) in [6, 6.07) is 115. The van der Waals surface area contributed by atoms with E-state index in [0.717, 1.165) is 60.5 Å².